The van der Waals surface area contributed by atoms with Crippen molar-refractivity contribution >= 4 is 50.9 Å². The number of hydrogen-bond acceptors (Lipinski definition) is 4. The van der Waals surface area contributed by atoms with Crippen molar-refractivity contribution in [2.45, 2.75) is 50.5 Å². The minimum absolute atomic E-state index is 0.0231. The van der Waals surface area contributed by atoms with Crippen molar-refractivity contribution in [1.82, 2.24) is 10.0 Å². The first-order valence-corrected chi connectivity index (χ1v) is 12.2. The molecule has 9 heteroatoms. The molecule has 0 radical (unpaired) electrons. The number of sulfonamides is 1. The smallest absolute Gasteiger partial charge is 0.220 e. The minimum atomic E-state index is -3.32. The monoisotopic (exact) mass is 454 g/mol. The summed E-state index contributed by atoms with van der Waals surface area (Å²) < 4.78 is 25.5. The first kappa shape index (κ1) is 24.6. The maximum atomic E-state index is 11.9. The predicted octanol–water partition coefficient (Wildman–Crippen LogP) is 4.23. The number of carbonyl (C=O) groups is 1. The highest BCUT2D eigenvalue weighted by atomic mass is 35.5. The van der Waals surface area contributed by atoms with Crippen LogP contribution in [0, 0.1) is 0 Å². The Kier molecular flexibility index (Phi) is 10.5. The van der Waals surface area contributed by atoms with Gasteiger partial charge in [0.2, 0.25) is 15.9 Å². The number of nitrogens with one attached hydrogen (secondary N) is 2. The van der Waals surface area contributed by atoms with Crippen molar-refractivity contribution in [3.05, 3.63) is 33.8 Å². The van der Waals surface area contributed by atoms with Gasteiger partial charge in [0.25, 0.3) is 0 Å². The fraction of sp³-hybridized carbons (Fsp3) is 0.611. The molecule has 5 nitrogen and oxygen atoms in total. The summed E-state index contributed by atoms with van der Waals surface area (Å²) in [4.78, 5) is 11.8. The van der Waals surface area contributed by atoms with Crippen molar-refractivity contribution in [3.8, 4) is 0 Å². The van der Waals surface area contributed by atoms with Crippen LogP contribution in [0.4, 0.5) is 0 Å². The molecule has 1 rings (SSSR count). The molecule has 0 aliphatic heterocycles. The predicted molar refractivity (Wildman–Crippen MR) is 116 cm³/mol. The highest BCUT2D eigenvalue weighted by molar-refractivity contribution is 7.98. The standard InChI is InChI=1S/C18H28Cl2N2O3S2/c1-18(2,3)27(24,25)22-10-5-4-9-17(23)21-11-12-26-13-14-15(19)7-6-8-16(14)20/h6-8,22H,4-5,9-13H2,1-3H3,(H,21,23). The molecule has 0 spiro atoms. The molecular formula is C18H28Cl2N2O3S2. The number of halogens is 2. The molecule has 0 aromatic heterocycles. The molecule has 0 heterocycles. The van der Waals surface area contributed by atoms with E-state index in [0.717, 1.165) is 11.3 Å². The molecule has 0 saturated carbocycles. The van der Waals surface area contributed by atoms with Gasteiger partial charge in [-0.3, -0.25) is 4.79 Å². The summed E-state index contributed by atoms with van der Waals surface area (Å²) >= 11 is 13.9. The molecule has 2 N–H and O–H groups in total. The van der Waals surface area contributed by atoms with E-state index in [1.807, 2.05) is 18.2 Å². The fourth-order valence-electron chi connectivity index (χ4n) is 2.03. The van der Waals surface area contributed by atoms with Crippen LogP contribution < -0.4 is 10.0 Å². The summed E-state index contributed by atoms with van der Waals surface area (Å²) in [5, 5.41) is 4.17. The van der Waals surface area contributed by atoms with E-state index in [1.54, 1.807) is 32.5 Å². The molecule has 0 atom stereocenters. The molecule has 27 heavy (non-hydrogen) atoms. The lowest BCUT2D eigenvalue weighted by Crippen LogP contribution is -2.39. The molecule has 1 aromatic carbocycles. The van der Waals surface area contributed by atoms with Gasteiger partial charge in [-0.25, -0.2) is 13.1 Å². The van der Waals surface area contributed by atoms with E-state index < -0.39 is 14.8 Å². The lowest BCUT2D eigenvalue weighted by Gasteiger charge is -2.19. The zero-order valence-corrected chi connectivity index (χ0v) is 19.1. The zero-order valence-electron chi connectivity index (χ0n) is 16.0. The van der Waals surface area contributed by atoms with E-state index in [1.165, 1.54) is 0 Å². The first-order valence-electron chi connectivity index (χ1n) is 8.81. The van der Waals surface area contributed by atoms with Gasteiger partial charge in [0.15, 0.2) is 0 Å². The van der Waals surface area contributed by atoms with Gasteiger partial charge < -0.3 is 5.32 Å². The molecule has 0 bridgehead atoms. The van der Waals surface area contributed by atoms with Gasteiger partial charge in [-0.05, 0) is 51.3 Å². The molecule has 0 unspecified atom stereocenters. The number of hydrogen-bond donors (Lipinski definition) is 2. The Hall–Kier alpha value is -0.470. The Labute approximate surface area is 177 Å². The van der Waals surface area contributed by atoms with Crippen LogP contribution in [0.1, 0.15) is 45.6 Å². The average Bonchev–Trinajstić information content (AvgIpc) is 2.55. The maximum Gasteiger partial charge on any atom is 0.220 e. The summed E-state index contributed by atoms with van der Waals surface area (Å²) in [6.45, 7) is 5.88. The van der Waals surface area contributed by atoms with Crippen LogP contribution in [0.3, 0.4) is 0 Å². The topological polar surface area (TPSA) is 75.3 Å². The van der Waals surface area contributed by atoms with E-state index in [4.69, 9.17) is 23.2 Å². The highest BCUT2D eigenvalue weighted by Gasteiger charge is 2.27. The molecular weight excluding hydrogens is 427 g/mol. The Balaban J connectivity index is 2.11. The van der Waals surface area contributed by atoms with E-state index in [9.17, 15) is 13.2 Å². The molecule has 0 aliphatic rings. The second kappa shape index (κ2) is 11.5. The van der Waals surface area contributed by atoms with Crippen molar-refractivity contribution in [3.63, 3.8) is 0 Å². The molecule has 0 saturated heterocycles. The fourth-order valence-corrected chi connectivity index (χ4v) is 4.47. The SMILES string of the molecule is CC(C)(C)S(=O)(=O)NCCCCC(=O)NCCSCc1c(Cl)cccc1Cl. The Bertz CT molecular complexity index is 700. The third-order valence-corrected chi connectivity index (χ3v) is 7.70. The van der Waals surface area contributed by atoms with Gasteiger partial charge in [-0.1, -0.05) is 29.3 Å². The lowest BCUT2D eigenvalue weighted by molar-refractivity contribution is -0.121. The third kappa shape index (κ3) is 9.05. The largest absolute Gasteiger partial charge is 0.355 e. The van der Waals surface area contributed by atoms with Crippen molar-refractivity contribution in [2.24, 2.45) is 0 Å². The molecule has 154 valence electrons. The van der Waals surface area contributed by atoms with Crippen molar-refractivity contribution < 1.29 is 13.2 Å². The van der Waals surface area contributed by atoms with Crippen LogP contribution in [-0.2, 0) is 20.6 Å². The van der Waals surface area contributed by atoms with Crippen molar-refractivity contribution in [2.75, 3.05) is 18.8 Å². The summed E-state index contributed by atoms with van der Waals surface area (Å²) in [5.74, 6) is 1.44. The second-order valence-electron chi connectivity index (χ2n) is 7.07. The summed E-state index contributed by atoms with van der Waals surface area (Å²) in [6, 6.07) is 5.44. The van der Waals surface area contributed by atoms with Gasteiger partial charge in [0.05, 0.1) is 4.75 Å². The quantitative estimate of drug-likeness (QED) is 0.490. The van der Waals surface area contributed by atoms with E-state index >= 15 is 0 Å². The maximum absolute atomic E-state index is 11.9. The number of carbonyl (C=O) groups excluding carboxylic acids is 1. The van der Waals surface area contributed by atoms with Gasteiger partial charge in [0.1, 0.15) is 0 Å². The number of amides is 1. The Morgan fingerprint density at radius 1 is 1.11 bits per heavy atom. The summed E-state index contributed by atoms with van der Waals surface area (Å²) in [6.07, 6.45) is 1.65. The van der Waals surface area contributed by atoms with Crippen LogP contribution >= 0.6 is 35.0 Å². The molecule has 0 aliphatic carbocycles. The molecule has 1 amide bonds. The second-order valence-corrected chi connectivity index (χ2v) is 11.5. The van der Waals surface area contributed by atoms with Crippen molar-refractivity contribution in [1.29, 1.82) is 0 Å². The number of rotatable bonds is 11. The number of unbranched alkanes of at least 4 members (excludes halogenated alkanes) is 1. The van der Waals surface area contributed by atoms with Crippen LogP contribution in [-0.4, -0.2) is 37.9 Å². The zero-order chi connectivity index (χ0) is 20.5. The molecule has 0 fully saturated rings. The minimum Gasteiger partial charge on any atom is -0.355 e. The van der Waals surface area contributed by atoms with E-state index in [-0.39, 0.29) is 5.91 Å². The Morgan fingerprint density at radius 2 is 1.74 bits per heavy atom. The normalized spacial score (nSPS) is 12.2. The summed E-state index contributed by atoms with van der Waals surface area (Å²) in [7, 11) is -3.32. The lowest BCUT2D eigenvalue weighted by atomic mass is 10.2. The highest BCUT2D eigenvalue weighted by Crippen LogP contribution is 2.27. The van der Waals surface area contributed by atoms with Gasteiger partial charge in [-0.15, -0.1) is 0 Å². The van der Waals surface area contributed by atoms with Gasteiger partial charge >= 0.3 is 0 Å². The third-order valence-electron chi connectivity index (χ3n) is 3.81. The van der Waals surface area contributed by atoms with Crippen LogP contribution in [0.25, 0.3) is 0 Å². The Morgan fingerprint density at radius 3 is 2.33 bits per heavy atom. The average molecular weight is 455 g/mol. The van der Waals surface area contributed by atoms with E-state index in [0.29, 0.717) is 48.2 Å². The number of benzene rings is 1. The van der Waals surface area contributed by atoms with Crippen LogP contribution in [0.15, 0.2) is 18.2 Å². The summed E-state index contributed by atoms with van der Waals surface area (Å²) in [5.41, 5.74) is 0.912. The molecule has 1 aromatic rings. The first-order chi connectivity index (χ1) is 12.5. The van der Waals surface area contributed by atoms with Gasteiger partial charge in [-0.2, -0.15) is 11.8 Å². The van der Waals surface area contributed by atoms with Crippen LogP contribution in [0.2, 0.25) is 10.0 Å². The van der Waals surface area contributed by atoms with E-state index in [2.05, 4.69) is 10.0 Å². The van der Waals surface area contributed by atoms with Crippen LogP contribution in [0.5, 0.6) is 0 Å². The van der Waals surface area contributed by atoms with Gasteiger partial charge in [0, 0.05) is 41.1 Å². The number of thioether (sulfide) groups is 1.